The number of hydrogen-bond donors (Lipinski definition) is 4. The van der Waals surface area contributed by atoms with Crippen molar-refractivity contribution in [3.05, 3.63) is 24.3 Å². The predicted octanol–water partition coefficient (Wildman–Crippen LogP) is 2.95. The summed E-state index contributed by atoms with van der Waals surface area (Å²) in [6.45, 7) is 12.6. The van der Waals surface area contributed by atoms with E-state index in [9.17, 15) is 30.0 Å². The van der Waals surface area contributed by atoms with Gasteiger partial charge in [-0.3, -0.25) is 4.79 Å². The van der Waals surface area contributed by atoms with Crippen molar-refractivity contribution in [1.29, 1.82) is 0 Å². The Bertz CT molecular complexity index is 1350. The zero-order valence-electron chi connectivity index (χ0n) is 36.6. The Morgan fingerprint density at radius 3 is 2.17 bits per heavy atom. The smallest absolute Gasteiger partial charge is 0.308 e. The fourth-order valence-corrected chi connectivity index (χ4v) is 9.09. The summed E-state index contributed by atoms with van der Waals surface area (Å²) in [6.07, 6.45) is 0.851. The first-order valence-electron chi connectivity index (χ1n) is 21.2. The van der Waals surface area contributed by atoms with E-state index in [2.05, 4.69) is 18.7 Å². The molecule has 0 aromatic carbocycles. The average molecular weight is 827 g/mol. The molecule has 4 aliphatic rings. The van der Waals surface area contributed by atoms with Crippen LogP contribution in [0.15, 0.2) is 24.3 Å². The maximum atomic E-state index is 13.0. The molecule has 4 unspecified atom stereocenters. The van der Waals surface area contributed by atoms with Crippen LogP contribution in [-0.4, -0.2) is 168 Å². The van der Waals surface area contributed by atoms with Crippen molar-refractivity contribution in [3.8, 4) is 0 Å². The van der Waals surface area contributed by atoms with Gasteiger partial charge in [0.15, 0.2) is 18.9 Å². The normalized spacial score (nSPS) is 46.4. The van der Waals surface area contributed by atoms with E-state index in [4.69, 9.17) is 33.2 Å². The molecule has 0 bridgehead atoms. The van der Waals surface area contributed by atoms with E-state index >= 15 is 0 Å². The first kappa shape index (κ1) is 48.8. The van der Waals surface area contributed by atoms with E-state index in [1.807, 2.05) is 38.4 Å². The molecule has 0 aromatic heterocycles. The fraction of sp³-hybridized carbons (Fsp3) is 0.860. The molecule has 4 rings (SSSR count). The SMILES string of the molecule is C[C@@H]1[C@@H](OC2O[C@H](C)[C@@H](OC3C[C@@](C)(O)[C@@H](O)[C@H](C)O3)[C@H](N(C)C)[C@H]2O)[C@@H](CC=O)C[C@@H](C)C(OC2CC[C@@H](N(C)C)[C@@H](C)O2)/C=C/C=C/C[C@@H](C)OC(=O)C[C@H]1O. The number of nitrogens with zero attached hydrogens (tertiary/aromatic N) is 2. The van der Waals surface area contributed by atoms with Gasteiger partial charge in [0.25, 0.3) is 0 Å². The lowest BCUT2D eigenvalue weighted by Gasteiger charge is -2.50. The van der Waals surface area contributed by atoms with Gasteiger partial charge in [0.2, 0.25) is 0 Å². The summed E-state index contributed by atoms with van der Waals surface area (Å²) in [4.78, 5) is 29.4. The molecular formula is C43H74N2O13. The minimum atomic E-state index is -1.46. The first-order chi connectivity index (χ1) is 27.2. The molecule has 15 heteroatoms. The number of aliphatic hydroxyl groups is 4. The van der Waals surface area contributed by atoms with E-state index < -0.39 is 103 Å². The highest BCUT2D eigenvalue weighted by Gasteiger charge is 2.51. The van der Waals surface area contributed by atoms with Gasteiger partial charge < -0.3 is 68.2 Å². The maximum absolute atomic E-state index is 13.0. The third kappa shape index (κ3) is 12.8. The van der Waals surface area contributed by atoms with Crippen LogP contribution in [0, 0.1) is 17.8 Å². The van der Waals surface area contributed by atoms with Crippen LogP contribution in [0.3, 0.4) is 0 Å². The summed E-state index contributed by atoms with van der Waals surface area (Å²) < 4.78 is 44.1. The molecule has 0 saturated carbocycles. The highest BCUT2D eigenvalue weighted by molar-refractivity contribution is 5.70. The van der Waals surface area contributed by atoms with Crippen molar-refractivity contribution in [3.63, 3.8) is 0 Å². The molecule has 3 saturated heterocycles. The number of ether oxygens (including phenoxy) is 7. The zero-order valence-corrected chi connectivity index (χ0v) is 36.6. The number of rotatable bonds is 10. The van der Waals surface area contributed by atoms with Crippen LogP contribution in [0.2, 0.25) is 0 Å². The van der Waals surface area contributed by atoms with Crippen LogP contribution in [-0.2, 0) is 42.7 Å². The van der Waals surface area contributed by atoms with Gasteiger partial charge in [-0.25, -0.2) is 0 Å². The molecule has 58 heavy (non-hydrogen) atoms. The van der Waals surface area contributed by atoms with Crippen LogP contribution in [0.1, 0.15) is 93.4 Å². The van der Waals surface area contributed by atoms with Crippen LogP contribution in [0.4, 0.5) is 0 Å². The lowest BCUT2D eigenvalue weighted by atomic mass is 9.79. The minimum Gasteiger partial charge on any atom is -0.462 e. The van der Waals surface area contributed by atoms with E-state index in [-0.39, 0.29) is 37.3 Å². The monoisotopic (exact) mass is 827 g/mol. The van der Waals surface area contributed by atoms with Gasteiger partial charge in [0, 0.05) is 31.2 Å². The number of carbonyl (C=O) groups is 2. The molecular weight excluding hydrogens is 752 g/mol. The molecule has 3 fully saturated rings. The molecule has 4 aliphatic heterocycles. The Kier molecular flexibility index (Phi) is 18.3. The summed E-state index contributed by atoms with van der Waals surface area (Å²) in [5, 5.41) is 44.9. The molecule has 4 N–H and O–H groups in total. The lowest BCUT2D eigenvalue weighted by molar-refractivity contribution is -0.342. The van der Waals surface area contributed by atoms with Crippen LogP contribution < -0.4 is 0 Å². The fourth-order valence-electron chi connectivity index (χ4n) is 9.09. The number of esters is 1. The van der Waals surface area contributed by atoms with Crippen molar-refractivity contribution in [2.24, 2.45) is 17.8 Å². The number of carbonyl (C=O) groups excluding carboxylic acids is 2. The summed E-state index contributed by atoms with van der Waals surface area (Å²) >= 11 is 0. The zero-order chi connectivity index (χ0) is 43.1. The summed E-state index contributed by atoms with van der Waals surface area (Å²) in [7, 11) is 7.69. The van der Waals surface area contributed by atoms with Crippen molar-refractivity contribution < 1.29 is 63.2 Å². The Hall–Kier alpha value is -1.86. The summed E-state index contributed by atoms with van der Waals surface area (Å²) in [5.41, 5.74) is -1.46. The average Bonchev–Trinajstić information content (AvgIpc) is 3.12. The molecule has 0 aromatic rings. The second-order valence-electron chi connectivity index (χ2n) is 18.0. The number of aldehydes is 1. The Morgan fingerprint density at radius 2 is 1.55 bits per heavy atom. The molecule has 0 spiro atoms. The molecule has 0 amide bonds. The summed E-state index contributed by atoms with van der Waals surface area (Å²) in [5.74, 6) is -1.93. The van der Waals surface area contributed by atoms with Gasteiger partial charge in [-0.15, -0.1) is 0 Å². The third-order valence-corrected chi connectivity index (χ3v) is 12.5. The van der Waals surface area contributed by atoms with Crippen molar-refractivity contribution in [2.45, 2.75) is 191 Å². The molecule has 0 aliphatic carbocycles. The van der Waals surface area contributed by atoms with Crippen LogP contribution in [0.25, 0.3) is 0 Å². The predicted molar refractivity (Wildman–Crippen MR) is 215 cm³/mol. The quantitative estimate of drug-likeness (QED) is 0.186. The van der Waals surface area contributed by atoms with Crippen molar-refractivity contribution in [1.82, 2.24) is 9.80 Å². The third-order valence-electron chi connectivity index (χ3n) is 12.5. The molecule has 4 heterocycles. The van der Waals surface area contributed by atoms with Gasteiger partial charge in [-0.1, -0.05) is 38.2 Å². The number of allylic oxidation sites excluding steroid dienone is 2. The van der Waals surface area contributed by atoms with Gasteiger partial charge in [0.1, 0.15) is 30.7 Å². The second-order valence-corrected chi connectivity index (χ2v) is 18.0. The molecule has 19 atom stereocenters. The highest BCUT2D eigenvalue weighted by Crippen LogP contribution is 2.38. The summed E-state index contributed by atoms with van der Waals surface area (Å²) in [6, 6.07) is -0.410. The van der Waals surface area contributed by atoms with E-state index in [0.717, 1.165) is 19.1 Å². The van der Waals surface area contributed by atoms with E-state index in [1.54, 1.807) is 46.7 Å². The molecule has 334 valence electrons. The Labute approximate surface area is 345 Å². The van der Waals surface area contributed by atoms with Crippen LogP contribution >= 0.6 is 0 Å². The van der Waals surface area contributed by atoms with Gasteiger partial charge in [-0.2, -0.15) is 0 Å². The number of likely N-dealkylation sites (N-methyl/N-ethyl adjacent to an activating group) is 2. The number of cyclic esters (lactones) is 1. The van der Waals surface area contributed by atoms with Crippen LogP contribution in [0.5, 0.6) is 0 Å². The Balaban J connectivity index is 1.63. The lowest BCUT2D eigenvalue weighted by Crippen LogP contribution is -2.65. The maximum Gasteiger partial charge on any atom is 0.308 e. The van der Waals surface area contributed by atoms with Crippen molar-refractivity contribution >= 4 is 12.3 Å². The minimum absolute atomic E-state index is 0.000826. The van der Waals surface area contributed by atoms with Gasteiger partial charge in [-0.05, 0) is 93.9 Å². The first-order valence-corrected chi connectivity index (χ1v) is 21.2. The number of hydrogen-bond acceptors (Lipinski definition) is 15. The Morgan fingerprint density at radius 1 is 0.862 bits per heavy atom. The van der Waals surface area contributed by atoms with E-state index in [1.165, 1.54) is 6.92 Å². The molecule has 0 radical (unpaired) electrons. The number of aliphatic hydroxyl groups excluding tert-OH is 3. The standard InChI is InChI=1S/C43H74N2O13/c1-24-21-30(19-20-46)39(58-42-38(49)37(45(10)11)40(28(5)55-42)57-36-23-43(7,51)41(50)29(6)54-36)26(3)32(47)22-34(48)52-25(2)15-13-12-14-16-33(24)56-35-18-17-31(44(8)9)27(4)53-35/h12-14,16,20,24-33,35-42,47,49-51H,15,17-19,21-23H2,1-11H3/b13-12+,16-14+/t24-,25-,26+,27-,28-,29+,30+,31-,32-,33?,35?,36?,37-,38-,39-,40-,41+,42?,43-/m1/s1. The molecule has 15 nitrogen and oxygen atoms in total. The van der Waals surface area contributed by atoms with Crippen molar-refractivity contribution in [2.75, 3.05) is 28.2 Å². The topological polar surface area (TPSA) is 186 Å². The largest absolute Gasteiger partial charge is 0.462 e. The van der Waals surface area contributed by atoms with Gasteiger partial charge >= 0.3 is 5.97 Å². The second kappa shape index (κ2) is 21.8. The highest BCUT2D eigenvalue weighted by atomic mass is 16.7. The van der Waals surface area contributed by atoms with E-state index in [0.29, 0.717) is 12.8 Å². The van der Waals surface area contributed by atoms with Gasteiger partial charge in [0.05, 0.1) is 54.7 Å².